The molecule has 0 aliphatic carbocycles. The Balaban J connectivity index is 1.87. The number of imide groups is 1. The molecule has 3 amide bonds. The Kier molecular flexibility index (Phi) is 7.07. The van der Waals surface area contributed by atoms with Crippen LogP contribution in [0.3, 0.4) is 0 Å². The SMILES string of the molecule is C=CCn1c(SCC(=O)NC(=O)NC(C)C)nc2cc(-c3ccccc3)sc2c1=O. The highest BCUT2D eigenvalue weighted by molar-refractivity contribution is 7.99. The number of thiophene rings is 1. The van der Waals surface area contributed by atoms with E-state index in [1.165, 1.54) is 15.9 Å². The zero-order chi connectivity index (χ0) is 21.7. The number of amides is 3. The van der Waals surface area contributed by atoms with Crippen LogP contribution < -0.4 is 16.2 Å². The van der Waals surface area contributed by atoms with E-state index in [1.807, 2.05) is 36.4 Å². The average Bonchev–Trinajstić information content (AvgIpc) is 3.13. The third kappa shape index (κ3) is 5.17. The van der Waals surface area contributed by atoms with Crippen LogP contribution in [0.2, 0.25) is 0 Å². The molecule has 3 aromatic rings. The van der Waals surface area contributed by atoms with Crippen LogP contribution in [0.15, 0.2) is 59.0 Å². The van der Waals surface area contributed by atoms with E-state index in [0.29, 0.717) is 15.4 Å². The molecule has 0 aliphatic rings. The fraction of sp³-hybridized carbons (Fsp3) is 0.238. The van der Waals surface area contributed by atoms with Gasteiger partial charge >= 0.3 is 6.03 Å². The van der Waals surface area contributed by atoms with Gasteiger partial charge in [-0.25, -0.2) is 9.78 Å². The number of carbonyl (C=O) groups is 2. The molecule has 1 aromatic carbocycles. The van der Waals surface area contributed by atoms with Crippen molar-refractivity contribution >= 4 is 45.3 Å². The lowest BCUT2D eigenvalue weighted by Crippen LogP contribution is -2.43. The van der Waals surface area contributed by atoms with Crippen LogP contribution in [0.4, 0.5) is 4.79 Å². The summed E-state index contributed by atoms with van der Waals surface area (Å²) in [5, 5.41) is 5.27. The van der Waals surface area contributed by atoms with Crippen LogP contribution >= 0.6 is 23.1 Å². The van der Waals surface area contributed by atoms with Gasteiger partial charge in [0.1, 0.15) is 4.70 Å². The van der Waals surface area contributed by atoms with E-state index in [1.54, 1.807) is 19.9 Å². The van der Waals surface area contributed by atoms with Crippen LogP contribution in [0.5, 0.6) is 0 Å². The van der Waals surface area contributed by atoms with Gasteiger partial charge in [0.25, 0.3) is 5.56 Å². The van der Waals surface area contributed by atoms with Crippen molar-refractivity contribution in [1.29, 1.82) is 0 Å². The molecule has 2 N–H and O–H groups in total. The number of rotatable bonds is 7. The summed E-state index contributed by atoms with van der Waals surface area (Å²) in [7, 11) is 0. The number of benzene rings is 1. The molecule has 0 radical (unpaired) electrons. The molecule has 0 bridgehead atoms. The molecule has 0 saturated heterocycles. The summed E-state index contributed by atoms with van der Waals surface area (Å²) in [5.41, 5.74) is 1.43. The highest BCUT2D eigenvalue weighted by Crippen LogP contribution is 2.31. The Bertz CT molecular complexity index is 1140. The molecule has 0 saturated carbocycles. The van der Waals surface area contributed by atoms with Crippen molar-refractivity contribution in [1.82, 2.24) is 20.2 Å². The monoisotopic (exact) mass is 442 g/mol. The van der Waals surface area contributed by atoms with Gasteiger partial charge in [0.15, 0.2) is 5.16 Å². The second-order valence-corrected chi connectivity index (χ2v) is 8.75. The van der Waals surface area contributed by atoms with Crippen molar-refractivity contribution in [3.05, 3.63) is 59.4 Å². The van der Waals surface area contributed by atoms with Crippen molar-refractivity contribution in [2.75, 3.05) is 5.75 Å². The summed E-state index contributed by atoms with van der Waals surface area (Å²) in [6, 6.07) is 11.0. The standard InChI is InChI=1S/C21H22N4O3S2/c1-4-10-25-19(27)18-15(11-16(30-18)14-8-6-5-7-9-14)23-21(25)29-12-17(26)24-20(28)22-13(2)3/h4-9,11,13H,1,10,12H2,2-3H3,(H2,22,24,26,28). The predicted molar refractivity (Wildman–Crippen MR) is 122 cm³/mol. The minimum atomic E-state index is -0.548. The number of nitrogens with one attached hydrogen (secondary N) is 2. The smallest absolute Gasteiger partial charge is 0.321 e. The molecule has 2 aromatic heterocycles. The highest BCUT2D eigenvalue weighted by Gasteiger charge is 2.16. The van der Waals surface area contributed by atoms with E-state index in [4.69, 9.17) is 0 Å². The van der Waals surface area contributed by atoms with Gasteiger partial charge in [-0.2, -0.15) is 0 Å². The average molecular weight is 443 g/mol. The van der Waals surface area contributed by atoms with Gasteiger partial charge in [-0.15, -0.1) is 17.9 Å². The molecule has 3 rings (SSSR count). The summed E-state index contributed by atoms with van der Waals surface area (Å²) in [4.78, 5) is 42.4. The Morgan fingerprint density at radius 1 is 1.30 bits per heavy atom. The lowest BCUT2D eigenvalue weighted by atomic mass is 10.2. The number of hydrogen-bond donors (Lipinski definition) is 2. The summed E-state index contributed by atoms with van der Waals surface area (Å²) in [6.45, 7) is 7.59. The maximum atomic E-state index is 13.0. The minimum absolute atomic E-state index is 0.0454. The molecule has 156 valence electrons. The van der Waals surface area contributed by atoms with Gasteiger partial charge in [0.2, 0.25) is 5.91 Å². The third-order valence-electron chi connectivity index (χ3n) is 3.97. The van der Waals surface area contributed by atoms with Gasteiger partial charge in [-0.1, -0.05) is 48.2 Å². The number of fused-ring (bicyclic) bond motifs is 1. The molecule has 9 heteroatoms. The topological polar surface area (TPSA) is 93.1 Å². The summed E-state index contributed by atoms with van der Waals surface area (Å²) in [5.74, 6) is -0.510. The Morgan fingerprint density at radius 2 is 2.03 bits per heavy atom. The normalized spacial score (nSPS) is 10.9. The second-order valence-electron chi connectivity index (χ2n) is 6.75. The van der Waals surface area contributed by atoms with Crippen LogP contribution in [-0.4, -0.2) is 33.3 Å². The summed E-state index contributed by atoms with van der Waals surface area (Å²) >= 11 is 2.50. The maximum Gasteiger partial charge on any atom is 0.321 e. The van der Waals surface area contributed by atoms with E-state index in [9.17, 15) is 14.4 Å². The molecule has 2 heterocycles. The Labute approximate surface area is 182 Å². The second kappa shape index (κ2) is 9.73. The number of aromatic nitrogens is 2. The van der Waals surface area contributed by atoms with Gasteiger partial charge in [-0.3, -0.25) is 19.5 Å². The number of hydrogen-bond acceptors (Lipinski definition) is 6. The zero-order valence-electron chi connectivity index (χ0n) is 16.7. The first-order valence-corrected chi connectivity index (χ1v) is 11.1. The van der Waals surface area contributed by atoms with Gasteiger partial charge in [0.05, 0.1) is 11.3 Å². The molecule has 30 heavy (non-hydrogen) atoms. The third-order valence-corrected chi connectivity index (χ3v) is 6.11. The minimum Gasteiger partial charge on any atom is -0.336 e. The van der Waals surface area contributed by atoms with Crippen molar-refractivity contribution in [3.63, 3.8) is 0 Å². The first-order chi connectivity index (χ1) is 14.4. The van der Waals surface area contributed by atoms with Crippen molar-refractivity contribution in [2.24, 2.45) is 0 Å². The first-order valence-electron chi connectivity index (χ1n) is 9.33. The van der Waals surface area contributed by atoms with Crippen LogP contribution in [0, 0.1) is 0 Å². The van der Waals surface area contributed by atoms with Crippen LogP contribution in [0.1, 0.15) is 13.8 Å². The highest BCUT2D eigenvalue weighted by atomic mass is 32.2. The lowest BCUT2D eigenvalue weighted by molar-refractivity contribution is -0.117. The van der Waals surface area contributed by atoms with Crippen molar-refractivity contribution in [2.45, 2.75) is 31.6 Å². The quantitative estimate of drug-likeness (QED) is 0.331. The first kappa shape index (κ1) is 21.8. The van der Waals surface area contributed by atoms with Crippen molar-refractivity contribution < 1.29 is 9.59 Å². The molecule has 0 spiro atoms. The van der Waals surface area contributed by atoms with Crippen molar-refractivity contribution in [3.8, 4) is 10.4 Å². The van der Waals surface area contributed by atoms with Gasteiger partial charge in [-0.05, 0) is 25.5 Å². The number of thioether (sulfide) groups is 1. The molecule has 0 atom stereocenters. The van der Waals surface area contributed by atoms with E-state index in [-0.39, 0.29) is 23.9 Å². The number of urea groups is 1. The molecule has 0 aliphatic heterocycles. The molecule has 0 fully saturated rings. The van der Waals surface area contributed by atoms with Crippen LogP contribution in [-0.2, 0) is 11.3 Å². The fourth-order valence-corrected chi connectivity index (χ4v) is 4.59. The molecule has 7 nitrogen and oxygen atoms in total. The Hall–Kier alpha value is -2.91. The zero-order valence-corrected chi connectivity index (χ0v) is 18.3. The van der Waals surface area contributed by atoms with E-state index >= 15 is 0 Å². The molecular formula is C21H22N4O3S2. The lowest BCUT2D eigenvalue weighted by Gasteiger charge is -2.11. The number of carbonyl (C=O) groups excluding carboxylic acids is 2. The van der Waals surface area contributed by atoms with Gasteiger partial charge in [0, 0.05) is 17.5 Å². The summed E-state index contributed by atoms with van der Waals surface area (Å²) < 4.78 is 2.05. The predicted octanol–water partition coefficient (Wildman–Crippen LogP) is 3.64. The number of allylic oxidation sites excluding steroid dienone is 1. The summed E-state index contributed by atoms with van der Waals surface area (Å²) in [6.07, 6.45) is 1.61. The maximum absolute atomic E-state index is 13.0. The van der Waals surface area contributed by atoms with E-state index < -0.39 is 11.9 Å². The van der Waals surface area contributed by atoms with E-state index in [2.05, 4.69) is 22.2 Å². The number of nitrogens with zero attached hydrogens (tertiary/aromatic N) is 2. The molecule has 0 unspecified atom stereocenters. The largest absolute Gasteiger partial charge is 0.336 e. The fourth-order valence-electron chi connectivity index (χ4n) is 2.73. The Morgan fingerprint density at radius 3 is 2.70 bits per heavy atom. The van der Waals surface area contributed by atoms with Gasteiger partial charge < -0.3 is 5.32 Å². The molecular weight excluding hydrogens is 420 g/mol. The van der Waals surface area contributed by atoms with Crippen LogP contribution in [0.25, 0.3) is 20.7 Å². The van der Waals surface area contributed by atoms with E-state index in [0.717, 1.165) is 22.2 Å².